The number of halogens is 1. The summed E-state index contributed by atoms with van der Waals surface area (Å²) in [5.41, 5.74) is 9.11. The van der Waals surface area contributed by atoms with Crippen molar-refractivity contribution in [1.82, 2.24) is 0 Å². The number of carbonyl (C=O) groups is 1. The van der Waals surface area contributed by atoms with Gasteiger partial charge in [0, 0.05) is 15.8 Å². The lowest BCUT2D eigenvalue weighted by Crippen LogP contribution is -2.15. The number of anilines is 2. The second-order valence-electron chi connectivity index (χ2n) is 4.38. The van der Waals surface area contributed by atoms with Crippen LogP contribution in [0.15, 0.2) is 46.9 Å². The minimum atomic E-state index is -0.0493. The van der Waals surface area contributed by atoms with Gasteiger partial charge in [-0.3, -0.25) is 4.79 Å². The van der Waals surface area contributed by atoms with E-state index in [-0.39, 0.29) is 5.91 Å². The molecule has 0 aliphatic heterocycles. The third kappa shape index (κ3) is 3.58. The summed E-state index contributed by atoms with van der Waals surface area (Å²) in [6.45, 7) is 1.96. The molecule has 3 N–H and O–H groups in total. The summed E-state index contributed by atoms with van der Waals surface area (Å²) in [6, 6.07) is 13.1. The molecule has 98 valence electrons. The Balaban J connectivity index is 2.08. The fraction of sp³-hybridized carbons (Fsp3) is 0.133. The Hall–Kier alpha value is -1.81. The first kappa shape index (κ1) is 13.6. The first-order valence-corrected chi connectivity index (χ1v) is 6.75. The Morgan fingerprint density at radius 3 is 2.74 bits per heavy atom. The van der Waals surface area contributed by atoms with Crippen LogP contribution in [0.5, 0.6) is 0 Å². The van der Waals surface area contributed by atoms with Gasteiger partial charge in [-0.1, -0.05) is 34.1 Å². The van der Waals surface area contributed by atoms with Crippen molar-refractivity contribution in [3.05, 3.63) is 58.1 Å². The minimum absolute atomic E-state index is 0.0493. The SMILES string of the molecule is Cc1c(Br)cccc1NC(=O)Cc1cccc(N)c1. The molecule has 19 heavy (non-hydrogen) atoms. The fourth-order valence-electron chi connectivity index (χ4n) is 1.83. The van der Waals surface area contributed by atoms with E-state index in [2.05, 4.69) is 21.2 Å². The van der Waals surface area contributed by atoms with Gasteiger partial charge in [0.25, 0.3) is 0 Å². The molecule has 2 aromatic carbocycles. The van der Waals surface area contributed by atoms with Crippen LogP contribution in [-0.4, -0.2) is 5.91 Å². The van der Waals surface area contributed by atoms with Crippen molar-refractivity contribution in [2.24, 2.45) is 0 Å². The maximum Gasteiger partial charge on any atom is 0.228 e. The molecular weight excluding hydrogens is 304 g/mol. The predicted molar refractivity (Wildman–Crippen MR) is 82.1 cm³/mol. The summed E-state index contributed by atoms with van der Waals surface area (Å²) in [6.07, 6.45) is 0.316. The number of hydrogen-bond acceptors (Lipinski definition) is 2. The van der Waals surface area contributed by atoms with E-state index in [0.29, 0.717) is 12.1 Å². The van der Waals surface area contributed by atoms with Crippen LogP contribution in [0.4, 0.5) is 11.4 Å². The van der Waals surface area contributed by atoms with E-state index >= 15 is 0 Å². The summed E-state index contributed by atoms with van der Waals surface area (Å²) in [7, 11) is 0. The van der Waals surface area contributed by atoms with E-state index in [1.807, 2.05) is 43.3 Å². The highest BCUT2D eigenvalue weighted by Crippen LogP contribution is 2.23. The van der Waals surface area contributed by atoms with Crippen molar-refractivity contribution in [2.75, 3.05) is 11.1 Å². The number of nitrogens with one attached hydrogen (secondary N) is 1. The number of benzene rings is 2. The van der Waals surface area contributed by atoms with Gasteiger partial charge in [-0.2, -0.15) is 0 Å². The minimum Gasteiger partial charge on any atom is -0.399 e. The molecule has 2 rings (SSSR count). The second-order valence-corrected chi connectivity index (χ2v) is 5.24. The Labute approximate surface area is 121 Å². The number of hydrogen-bond donors (Lipinski definition) is 2. The molecule has 0 saturated heterocycles. The highest BCUT2D eigenvalue weighted by molar-refractivity contribution is 9.10. The van der Waals surface area contributed by atoms with E-state index in [1.54, 1.807) is 6.07 Å². The first-order valence-electron chi connectivity index (χ1n) is 5.95. The lowest BCUT2D eigenvalue weighted by molar-refractivity contribution is -0.115. The summed E-state index contributed by atoms with van der Waals surface area (Å²) >= 11 is 3.44. The Morgan fingerprint density at radius 2 is 2.00 bits per heavy atom. The maximum atomic E-state index is 12.0. The molecule has 0 fully saturated rings. The van der Waals surface area contributed by atoms with Gasteiger partial charge in [-0.15, -0.1) is 0 Å². The average Bonchev–Trinajstić information content (AvgIpc) is 2.35. The van der Waals surface area contributed by atoms with E-state index in [1.165, 1.54) is 0 Å². The number of rotatable bonds is 3. The molecule has 1 amide bonds. The molecular formula is C15H15BrN2O. The fourth-order valence-corrected chi connectivity index (χ4v) is 2.19. The average molecular weight is 319 g/mol. The molecule has 0 aliphatic carbocycles. The van der Waals surface area contributed by atoms with E-state index < -0.39 is 0 Å². The van der Waals surface area contributed by atoms with Crippen molar-refractivity contribution >= 4 is 33.2 Å². The Bertz CT molecular complexity index is 611. The molecule has 0 bridgehead atoms. The van der Waals surface area contributed by atoms with E-state index in [4.69, 9.17) is 5.73 Å². The smallest absolute Gasteiger partial charge is 0.228 e. The largest absolute Gasteiger partial charge is 0.399 e. The summed E-state index contributed by atoms with van der Waals surface area (Å²) in [5, 5.41) is 2.91. The lowest BCUT2D eigenvalue weighted by atomic mass is 10.1. The number of nitrogens with two attached hydrogens (primary N) is 1. The lowest BCUT2D eigenvalue weighted by Gasteiger charge is -2.09. The molecule has 0 heterocycles. The van der Waals surface area contributed by atoms with E-state index in [9.17, 15) is 4.79 Å². The molecule has 0 aromatic heterocycles. The summed E-state index contributed by atoms with van der Waals surface area (Å²) < 4.78 is 0.981. The molecule has 4 heteroatoms. The third-order valence-corrected chi connectivity index (χ3v) is 3.72. The molecule has 0 radical (unpaired) electrons. The molecule has 0 atom stereocenters. The molecule has 0 saturated carbocycles. The first-order chi connectivity index (χ1) is 9.06. The van der Waals surface area contributed by atoms with Gasteiger partial charge >= 0.3 is 0 Å². The maximum absolute atomic E-state index is 12.0. The summed E-state index contributed by atoms with van der Waals surface area (Å²) in [4.78, 5) is 12.0. The monoisotopic (exact) mass is 318 g/mol. The summed E-state index contributed by atoms with van der Waals surface area (Å²) in [5.74, 6) is -0.0493. The highest BCUT2D eigenvalue weighted by Gasteiger charge is 2.07. The van der Waals surface area contributed by atoms with E-state index in [0.717, 1.165) is 21.3 Å². The quantitative estimate of drug-likeness (QED) is 0.851. The van der Waals surface area contributed by atoms with Crippen molar-refractivity contribution in [3.63, 3.8) is 0 Å². The zero-order valence-electron chi connectivity index (χ0n) is 10.6. The number of carbonyl (C=O) groups excluding carboxylic acids is 1. The molecule has 2 aromatic rings. The van der Waals surface area contributed by atoms with Gasteiger partial charge in [0.2, 0.25) is 5.91 Å². The molecule has 0 spiro atoms. The highest BCUT2D eigenvalue weighted by atomic mass is 79.9. The Morgan fingerprint density at radius 1 is 1.26 bits per heavy atom. The molecule has 0 aliphatic rings. The van der Waals surface area contributed by atoms with Crippen LogP contribution in [-0.2, 0) is 11.2 Å². The normalized spacial score (nSPS) is 10.2. The van der Waals surface area contributed by atoms with Crippen LogP contribution in [0, 0.1) is 6.92 Å². The van der Waals surface area contributed by atoms with Gasteiger partial charge in [-0.25, -0.2) is 0 Å². The zero-order chi connectivity index (χ0) is 13.8. The van der Waals surface area contributed by atoms with Gasteiger partial charge in [0.1, 0.15) is 0 Å². The molecule has 3 nitrogen and oxygen atoms in total. The van der Waals surface area contributed by atoms with Gasteiger partial charge in [-0.05, 0) is 42.3 Å². The number of nitrogen functional groups attached to an aromatic ring is 1. The van der Waals surface area contributed by atoms with Gasteiger partial charge in [0.15, 0.2) is 0 Å². The second kappa shape index (κ2) is 5.89. The van der Waals surface area contributed by atoms with Crippen LogP contribution in [0.25, 0.3) is 0 Å². The van der Waals surface area contributed by atoms with Crippen LogP contribution in [0.2, 0.25) is 0 Å². The van der Waals surface area contributed by atoms with Crippen LogP contribution < -0.4 is 11.1 Å². The van der Waals surface area contributed by atoms with Crippen LogP contribution in [0.3, 0.4) is 0 Å². The van der Waals surface area contributed by atoms with Crippen molar-refractivity contribution in [1.29, 1.82) is 0 Å². The Kier molecular flexibility index (Phi) is 4.22. The van der Waals surface area contributed by atoms with Crippen LogP contribution >= 0.6 is 15.9 Å². The third-order valence-electron chi connectivity index (χ3n) is 2.86. The van der Waals surface area contributed by atoms with Gasteiger partial charge in [0.05, 0.1) is 6.42 Å². The standard InChI is InChI=1S/C15H15BrN2O/c1-10-13(16)6-3-7-14(10)18-15(19)9-11-4-2-5-12(17)8-11/h2-8H,9,17H2,1H3,(H,18,19). The van der Waals surface area contributed by atoms with Crippen molar-refractivity contribution < 1.29 is 4.79 Å². The predicted octanol–water partition coefficient (Wildman–Crippen LogP) is 3.52. The topological polar surface area (TPSA) is 55.1 Å². The molecule has 0 unspecified atom stereocenters. The van der Waals surface area contributed by atoms with Crippen LogP contribution in [0.1, 0.15) is 11.1 Å². The zero-order valence-corrected chi connectivity index (χ0v) is 12.2. The number of amides is 1. The van der Waals surface area contributed by atoms with Crippen molar-refractivity contribution in [2.45, 2.75) is 13.3 Å². The van der Waals surface area contributed by atoms with Gasteiger partial charge < -0.3 is 11.1 Å². The van der Waals surface area contributed by atoms with Crippen molar-refractivity contribution in [3.8, 4) is 0 Å².